The molecule has 0 radical (unpaired) electrons. The first-order valence-corrected chi connectivity index (χ1v) is 8.37. The highest BCUT2D eigenvalue weighted by atomic mass is 79.9. The second-order valence-electron chi connectivity index (χ2n) is 4.81. The first-order chi connectivity index (χ1) is 9.24. The summed E-state index contributed by atoms with van der Waals surface area (Å²) in [6.45, 7) is 0. The first kappa shape index (κ1) is 13.1. The zero-order valence-corrected chi connectivity index (χ0v) is 12.9. The van der Waals surface area contributed by atoms with Crippen molar-refractivity contribution in [2.75, 3.05) is 22.6 Å². The fraction of sp³-hybridized carbons (Fsp3) is 0.357. The molecular formula is C14H16BrN3S. The number of benzene rings is 1. The monoisotopic (exact) mass is 337 g/mol. The van der Waals surface area contributed by atoms with Crippen molar-refractivity contribution in [3.8, 4) is 0 Å². The Bertz CT molecular complexity index is 597. The summed E-state index contributed by atoms with van der Waals surface area (Å²) in [6.07, 6.45) is 4.34. The number of fused-ring (bicyclic) bond motifs is 1. The van der Waals surface area contributed by atoms with Crippen LogP contribution in [0.25, 0.3) is 10.9 Å². The number of anilines is 2. The lowest BCUT2D eigenvalue weighted by molar-refractivity contribution is 0.686. The number of thioether (sulfide) groups is 1. The minimum Gasteiger partial charge on any atom is -0.398 e. The molecule has 1 aromatic carbocycles. The third kappa shape index (κ3) is 2.82. The minimum absolute atomic E-state index is 0.538. The van der Waals surface area contributed by atoms with Gasteiger partial charge in [-0.3, -0.25) is 4.98 Å². The Hall–Kier alpha value is -0.940. The number of nitrogens with two attached hydrogens (primary N) is 1. The number of aromatic nitrogens is 1. The number of nitrogens with one attached hydrogen (secondary N) is 1. The molecule has 3 N–H and O–H groups in total. The van der Waals surface area contributed by atoms with Gasteiger partial charge in [-0.1, -0.05) is 0 Å². The maximum absolute atomic E-state index is 6.03. The normalized spacial score (nSPS) is 19.5. The molecule has 1 fully saturated rings. The molecule has 1 saturated heterocycles. The quantitative estimate of drug-likeness (QED) is 0.816. The van der Waals surface area contributed by atoms with E-state index in [1.807, 2.05) is 36.2 Å². The van der Waals surface area contributed by atoms with Crippen molar-refractivity contribution >= 4 is 50.0 Å². The zero-order chi connectivity index (χ0) is 13.2. The van der Waals surface area contributed by atoms with Crippen LogP contribution < -0.4 is 11.1 Å². The highest BCUT2D eigenvalue weighted by Crippen LogP contribution is 2.30. The van der Waals surface area contributed by atoms with Crippen LogP contribution in [0.2, 0.25) is 0 Å². The summed E-state index contributed by atoms with van der Waals surface area (Å²) < 4.78 is 0.956. The highest BCUT2D eigenvalue weighted by Gasteiger charge is 2.15. The summed E-state index contributed by atoms with van der Waals surface area (Å²) in [6, 6.07) is 6.56. The number of hydrogen-bond donors (Lipinski definition) is 2. The number of rotatable bonds is 2. The van der Waals surface area contributed by atoms with Gasteiger partial charge in [0, 0.05) is 33.5 Å². The SMILES string of the molecule is Nc1ccc(NC2CCCSC2)c2ncc(Br)cc12. The van der Waals surface area contributed by atoms with Gasteiger partial charge >= 0.3 is 0 Å². The fourth-order valence-electron chi connectivity index (χ4n) is 2.41. The highest BCUT2D eigenvalue weighted by molar-refractivity contribution is 9.10. The van der Waals surface area contributed by atoms with E-state index in [1.54, 1.807) is 0 Å². The molecule has 1 unspecified atom stereocenters. The van der Waals surface area contributed by atoms with E-state index >= 15 is 0 Å². The van der Waals surface area contributed by atoms with E-state index in [0.29, 0.717) is 6.04 Å². The van der Waals surface area contributed by atoms with E-state index in [0.717, 1.165) is 26.8 Å². The van der Waals surface area contributed by atoms with E-state index in [1.165, 1.54) is 24.3 Å². The number of nitrogen functional groups attached to an aromatic ring is 1. The van der Waals surface area contributed by atoms with Crippen LogP contribution in [-0.4, -0.2) is 22.5 Å². The van der Waals surface area contributed by atoms with Crippen molar-refractivity contribution < 1.29 is 0 Å². The molecule has 19 heavy (non-hydrogen) atoms. The van der Waals surface area contributed by atoms with Crippen molar-refractivity contribution in [3.63, 3.8) is 0 Å². The molecule has 3 rings (SSSR count). The lowest BCUT2D eigenvalue weighted by atomic mass is 10.1. The summed E-state index contributed by atoms with van der Waals surface area (Å²) in [5, 5.41) is 4.62. The van der Waals surface area contributed by atoms with Crippen LogP contribution in [0, 0.1) is 0 Å². The molecule has 1 aliphatic heterocycles. The minimum atomic E-state index is 0.538. The molecule has 0 saturated carbocycles. The first-order valence-electron chi connectivity index (χ1n) is 6.42. The van der Waals surface area contributed by atoms with Crippen LogP contribution in [0.1, 0.15) is 12.8 Å². The zero-order valence-electron chi connectivity index (χ0n) is 10.5. The van der Waals surface area contributed by atoms with Crippen LogP contribution >= 0.6 is 27.7 Å². The molecule has 0 aliphatic carbocycles. The Morgan fingerprint density at radius 2 is 2.32 bits per heavy atom. The molecule has 1 atom stereocenters. The second kappa shape index (κ2) is 5.59. The molecule has 1 aromatic heterocycles. The van der Waals surface area contributed by atoms with Gasteiger partial charge in [-0.25, -0.2) is 0 Å². The van der Waals surface area contributed by atoms with Crippen LogP contribution in [-0.2, 0) is 0 Å². The molecular weight excluding hydrogens is 322 g/mol. The summed E-state index contributed by atoms with van der Waals surface area (Å²) in [7, 11) is 0. The largest absolute Gasteiger partial charge is 0.398 e. The topological polar surface area (TPSA) is 50.9 Å². The van der Waals surface area contributed by atoms with Crippen molar-refractivity contribution in [2.24, 2.45) is 0 Å². The number of nitrogens with zero attached hydrogens (tertiary/aromatic N) is 1. The Morgan fingerprint density at radius 1 is 1.42 bits per heavy atom. The van der Waals surface area contributed by atoms with E-state index in [-0.39, 0.29) is 0 Å². The maximum Gasteiger partial charge on any atom is 0.0954 e. The van der Waals surface area contributed by atoms with E-state index < -0.39 is 0 Å². The molecule has 5 heteroatoms. The average molecular weight is 338 g/mol. The predicted octanol–water partition coefficient (Wildman–Crippen LogP) is 3.89. The fourth-order valence-corrected chi connectivity index (χ4v) is 3.81. The lowest BCUT2D eigenvalue weighted by Gasteiger charge is -2.24. The van der Waals surface area contributed by atoms with Crippen LogP contribution in [0.3, 0.4) is 0 Å². The lowest BCUT2D eigenvalue weighted by Crippen LogP contribution is -2.25. The van der Waals surface area contributed by atoms with Gasteiger partial charge in [0.25, 0.3) is 0 Å². The van der Waals surface area contributed by atoms with Crippen LogP contribution in [0.5, 0.6) is 0 Å². The number of hydrogen-bond acceptors (Lipinski definition) is 4. The summed E-state index contributed by atoms with van der Waals surface area (Å²) in [5.74, 6) is 2.45. The molecule has 100 valence electrons. The van der Waals surface area contributed by atoms with E-state index in [9.17, 15) is 0 Å². The Labute approximate surface area is 125 Å². The van der Waals surface area contributed by atoms with Gasteiger partial charge in [0.15, 0.2) is 0 Å². The van der Waals surface area contributed by atoms with Gasteiger partial charge in [0.2, 0.25) is 0 Å². The van der Waals surface area contributed by atoms with E-state index in [4.69, 9.17) is 5.73 Å². The maximum atomic E-state index is 6.03. The van der Waals surface area contributed by atoms with Crippen LogP contribution in [0.4, 0.5) is 11.4 Å². The number of halogens is 1. The Balaban J connectivity index is 1.96. The molecule has 0 bridgehead atoms. The number of pyridine rings is 1. The van der Waals surface area contributed by atoms with Crippen molar-refractivity contribution in [1.29, 1.82) is 0 Å². The van der Waals surface area contributed by atoms with Gasteiger partial charge in [0.1, 0.15) is 0 Å². The summed E-state index contributed by atoms with van der Waals surface area (Å²) in [4.78, 5) is 4.51. The van der Waals surface area contributed by atoms with Gasteiger partial charge in [0.05, 0.1) is 11.2 Å². The standard InChI is InChI=1S/C14H16BrN3S/c15-9-6-11-12(16)3-4-13(14(11)17-7-9)18-10-2-1-5-19-8-10/h3-4,6-7,10,18H,1-2,5,8,16H2. The van der Waals surface area contributed by atoms with E-state index in [2.05, 4.69) is 26.2 Å². The Kier molecular flexibility index (Phi) is 3.84. The summed E-state index contributed by atoms with van der Waals surface area (Å²) >= 11 is 5.47. The third-order valence-corrected chi connectivity index (χ3v) is 5.02. The molecule has 2 aromatic rings. The molecule has 1 aliphatic rings. The van der Waals surface area contributed by atoms with Crippen molar-refractivity contribution in [2.45, 2.75) is 18.9 Å². The van der Waals surface area contributed by atoms with Gasteiger partial charge < -0.3 is 11.1 Å². The molecule has 0 amide bonds. The van der Waals surface area contributed by atoms with Crippen molar-refractivity contribution in [3.05, 3.63) is 28.9 Å². The summed E-state index contributed by atoms with van der Waals surface area (Å²) in [5.41, 5.74) is 8.85. The average Bonchev–Trinajstić information content (AvgIpc) is 2.43. The van der Waals surface area contributed by atoms with Gasteiger partial charge in [-0.2, -0.15) is 11.8 Å². The van der Waals surface area contributed by atoms with Gasteiger partial charge in [-0.05, 0) is 52.7 Å². The third-order valence-electron chi connectivity index (χ3n) is 3.37. The second-order valence-corrected chi connectivity index (χ2v) is 6.88. The molecule has 2 heterocycles. The van der Waals surface area contributed by atoms with Crippen molar-refractivity contribution in [1.82, 2.24) is 4.98 Å². The smallest absolute Gasteiger partial charge is 0.0954 e. The van der Waals surface area contributed by atoms with Crippen LogP contribution in [0.15, 0.2) is 28.9 Å². The molecule has 3 nitrogen and oxygen atoms in total. The predicted molar refractivity (Wildman–Crippen MR) is 87.8 cm³/mol. The van der Waals surface area contributed by atoms with Gasteiger partial charge in [-0.15, -0.1) is 0 Å². The molecule has 0 spiro atoms. The Morgan fingerprint density at radius 3 is 3.11 bits per heavy atom.